The number of piperidine rings is 1. The molecule has 2 aromatic rings. The summed E-state index contributed by atoms with van der Waals surface area (Å²) in [6.45, 7) is 1.76. The van der Waals surface area contributed by atoms with Gasteiger partial charge in [-0.3, -0.25) is 9.69 Å². The van der Waals surface area contributed by atoms with Crippen LogP contribution in [-0.2, 0) is 11.0 Å². The molecule has 34 heavy (non-hydrogen) atoms. The van der Waals surface area contributed by atoms with Crippen LogP contribution in [0.5, 0.6) is 0 Å². The summed E-state index contributed by atoms with van der Waals surface area (Å²) < 4.78 is 53.7. The van der Waals surface area contributed by atoms with Crippen LogP contribution in [0.1, 0.15) is 30.0 Å². The molecule has 4 N–H and O–H groups in total. The minimum atomic E-state index is -4.41. The van der Waals surface area contributed by atoms with E-state index in [0.717, 1.165) is 12.1 Å². The molecule has 4 rings (SSSR count). The van der Waals surface area contributed by atoms with Crippen molar-refractivity contribution in [3.8, 4) is 0 Å². The molecule has 1 aromatic heterocycles. The monoisotopic (exact) mass is 482 g/mol. The minimum Gasteiger partial charge on any atom is -0.391 e. The third-order valence-electron chi connectivity index (χ3n) is 6.40. The van der Waals surface area contributed by atoms with E-state index in [1.54, 1.807) is 9.80 Å². The van der Waals surface area contributed by atoms with E-state index in [-0.39, 0.29) is 36.7 Å². The summed E-state index contributed by atoms with van der Waals surface area (Å²) >= 11 is 0. The van der Waals surface area contributed by atoms with E-state index >= 15 is 4.39 Å². The number of primary amides is 1. The van der Waals surface area contributed by atoms with E-state index in [1.165, 1.54) is 18.5 Å². The summed E-state index contributed by atoms with van der Waals surface area (Å²) in [7, 11) is 0. The SMILES string of the molecule is NC(=O)CN1CC[C@H](CNc2ncnc(N3CCC3c3ccc(C(F)(F)F)cc3)c2F)[C@@H](O)C1. The second-order valence-corrected chi connectivity index (χ2v) is 8.68. The molecule has 3 heterocycles. The Kier molecular flexibility index (Phi) is 6.89. The lowest BCUT2D eigenvalue weighted by molar-refractivity contribution is -0.137. The van der Waals surface area contributed by atoms with Crippen LogP contribution in [0.3, 0.4) is 0 Å². The molecule has 0 radical (unpaired) electrons. The summed E-state index contributed by atoms with van der Waals surface area (Å²) in [6, 6.07) is 4.58. The Morgan fingerprint density at radius 1 is 1.18 bits per heavy atom. The maximum Gasteiger partial charge on any atom is 0.416 e. The smallest absolute Gasteiger partial charge is 0.391 e. The number of aliphatic hydroxyl groups excluding tert-OH is 1. The average molecular weight is 482 g/mol. The lowest BCUT2D eigenvalue weighted by atomic mass is 9.93. The number of β-amino-alcohol motifs (C(OH)–C–C–N with tert-alkyl or cyclic N) is 1. The summed E-state index contributed by atoms with van der Waals surface area (Å²) in [5, 5.41) is 13.3. The van der Waals surface area contributed by atoms with Crippen molar-refractivity contribution in [3.63, 3.8) is 0 Å². The highest BCUT2D eigenvalue weighted by molar-refractivity contribution is 5.75. The minimum absolute atomic E-state index is 0.00478. The largest absolute Gasteiger partial charge is 0.416 e. The molecule has 1 unspecified atom stereocenters. The Labute approximate surface area is 193 Å². The molecule has 0 bridgehead atoms. The van der Waals surface area contributed by atoms with Crippen LogP contribution in [0.25, 0.3) is 0 Å². The topological polar surface area (TPSA) is 108 Å². The number of likely N-dealkylation sites (tertiary alicyclic amines) is 1. The van der Waals surface area contributed by atoms with Crippen LogP contribution in [0.15, 0.2) is 30.6 Å². The van der Waals surface area contributed by atoms with Gasteiger partial charge in [0.25, 0.3) is 0 Å². The van der Waals surface area contributed by atoms with E-state index in [9.17, 15) is 23.1 Å². The van der Waals surface area contributed by atoms with Crippen molar-refractivity contribution in [3.05, 3.63) is 47.5 Å². The van der Waals surface area contributed by atoms with Gasteiger partial charge < -0.3 is 21.1 Å². The Hall–Kier alpha value is -2.99. The lowest BCUT2D eigenvalue weighted by Crippen LogP contribution is -2.48. The molecule has 184 valence electrons. The number of hydrogen-bond acceptors (Lipinski definition) is 7. The molecule has 8 nitrogen and oxygen atoms in total. The first-order chi connectivity index (χ1) is 16.1. The van der Waals surface area contributed by atoms with Crippen molar-refractivity contribution in [1.29, 1.82) is 0 Å². The second kappa shape index (κ2) is 9.71. The number of alkyl halides is 3. The summed E-state index contributed by atoms with van der Waals surface area (Å²) in [5.74, 6) is -1.20. The third kappa shape index (κ3) is 5.22. The molecular weight excluding hydrogens is 456 g/mol. The van der Waals surface area contributed by atoms with Gasteiger partial charge in [0.2, 0.25) is 11.7 Å². The maximum atomic E-state index is 15.2. The van der Waals surface area contributed by atoms with E-state index in [0.29, 0.717) is 38.0 Å². The zero-order valence-electron chi connectivity index (χ0n) is 18.3. The molecule has 2 aliphatic rings. The van der Waals surface area contributed by atoms with E-state index in [2.05, 4.69) is 15.3 Å². The van der Waals surface area contributed by atoms with Crippen LogP contribution < -0.4 is 16.0 Å². The number of rotatable bonds is 7. The van der Waals surface area contributed by atoms with Crippen LogP contribution in [0.2, 0.25) is 0 Å². The van der Waals surface area contributed by atoms with Crippen molar-refractivity contribution in [2.75, 3.05) is 42.9 Å². The van der Waals surface area contributed by atoms with Gasteiger partial charge in [0.05, 0.1) is 24.3 Å². The van der Waals surface area contributed by atoms with Crippen molar-refractivity contribution in [1.82, 2.24) is 14.9 Å². The average Bonchev–Trinajstić information content (AvgIpc) is 2.74. The molecule has 0 aliphatic carbocycles. The van der Waals surface area contributed by atoms with Crippen molar-refractivity contribution in [2.24, 2.45) is 11.7 Å². The van der Waals surface area contributed by atoms with Crippen LogP contribution in [0.4, 0.5) is 29.2 Å². The Balaban J connectivity index is 1.40. The first kappa shape index (κ1) is 24.1. The van der Waals surface area contributed by atoms with Crippen molar-refractivity contribution < 1.29 is 27.5 Å². The van der Waals surface area contributed by atoms with Gasteiger partial charge in [-0.05, 0) is 37.1 Å². The first-order valence-corrected chi connectivity index (χ1v) is 11.0. The number of nitrogens with one attached hydrogen (secondary N) is 1. The molecule has 1 aromatic carbocycles. The number of carbonyl (C=O) groups is 1. The molecule has 12 heteroatoms. The standard InChI is InChI=1S/C22H26F4N6O2/c23-19-20(28-9-14-5-7-31(10-17(14)33)11-18(27)34)29-12-30-21(19)32-8-6-16(32)13-1-3-15(4-2-13)22(24,25)26/h1-4,12,14,16-17,33H,5-11H2,(H2,27,34)(H,28,29,30)/t14-,16?,17+/m1/s1. The first-order valence-electron chi connectivity index (χ1n) is 11.0. The second-order valence-electron chi connectivity index (χ2n) is 8.68. The van der Waals surface area contributed by atoms with Gasteiger partial charge in [0, 0.05) is 25.6 Å². The van der Waals surface area contributed by atoms with Crippen molar-refractivity contribution >= 4 is 17.5 Å². The number of anilines is 2. The molecule has 0 saturated carbocycles. The number of halogens is 4. The third-order valence-corrected chi connectivity index (χ3v) is 6.40. The molecular formula is C22H26F4N6O2. The Morgan fingerprint density at radius 2 is 1.91 bits per heavy atom. The number of benzene rings is 1. The molecule has 1 amide bonds. The highest BCUT2D eigenvalue weighted by Gasteiger charge is 2.35. The molecule has 3 atom stereocenters. The highest BCUT2D eigenvalue weighted by Crippen LogP contribution is 2.39. The number of nitrogens with zero attached hydrogens (tertiary/aromatic N) is 4. The maximum absolute atomic E-state index is 15.2. The highest BCUT2D eigenvalue weighted by atomic mass is 19.4. The summed E-state index contributed by atoms with van der Waals surface area (Å²) in [5.41, 5.74) is 5.12. The van der Waals surface area contributed by atoms with Gasteiger partial charge in [-0.15, -0.1) is 0 Å². The zero-order chi connectivity index (χ0) is 24.5. The van der Waals surface area contributed by atoms with Crippen molar-refractivity contribution in [2.45, 2.75) is 31.2 Å². The Bertz CT molecular complexity index is 1020. The van der Waals surface area contributed by atoms with Crippen LogP contribution in [-0.4, -0.2) is 64.7 Å². The molecule has 0 spiro atoms. The predicted molar refractivity (Wildman–Crippen MR) is 116 cm³/mol. The fourth-order valence-electron chi connectivity index (χ4n) is 4.44. The lowest BCUT2D eigenvalue weighted by Gasteiger charge is -2.42. The number of aliphatic hydroxyl groups is 1. The molecule has 2 saturated heterocycles. The van der Waals surface area contributed by atoms with E-state index in [4.69, 9.17) is 5.73 Å². The van der Waals surface area contributed by atoms with Gasteiger partial charge in [-0.2, -0.15) is 17.6 Å². The molecule has 2 aliphatic heterocycles. The summed E-state index contributed by atoms with van der Waals surface area (Å²) in [4.78, 5) is 22.6. The van der Waals surface area contributed by atoms with Gasteiger partial charge in [-0.1, -0.05) is 12.1 Å². The zero-order valence-corrected chi connectivity index (χ0v) is 18.3. The number of carbonyl (C=O) groups excluding carboxylic acids is 1. The number of nitrogens with two attached hydrogens (primary N) is 1. The van der Waals surface area contributed by atoms with Gasteiger partial charge in [0.1, 0.15) is 6.33 Å². The fraction of sp³-hybridized carbons (Fsp3) is 0.500. The summed E-state index contributed by atoms with van der Waals surface area (Å²) in [6.07, 6.45) is -2.63. The fourth-order valence-corrected chi connectivity index (χ4v) is 4.44. The number of aromatic nitrogens is 2. The molecule has 2 fully saturated rings. The van der Waals surface area contributed by atoms with Gasteiger partial charge >= 0.3 is 6.18 Å². The number of amides is 1. The van der Waals surface area contributed by atoms with Crippen LogP contribution >= 0.6 is 0 Å². The number of hydrogen-bond donors (Lipinski definition) is 3. The Morgan fingerprint density at radius 3 is 2.50 bits per heavy atom. The van der Waals surface area contributed by atoms with Gasteiger partial charge in [-0.25, -0.2) is 9.97 Å². The predicted octanol–water partition coefficient (Wildman–Crippen LogP) is 2.17. The quantitative estimate of drug-likeness (QED) is 0.519. The van der Waals surface area contributed by atoms with Crippen LogP contribution in [0, 0.1) is 11.7 Å². The van der Waals surface area contributed by atoms with E-state index < -0.39 is 29.6 Å². The normalized spacial score (nSPS) is 23.4. The van der Waals surface area contributed by atoms with Gasteiger partial charge in [0.15, 0.2) is 11.6 Å². The van der Waals surface area contributed by atoms with E-state index in [1.807, 2.05) is 0 Å².